The molecule has 0 bridgehead atoms. The van der Waals surface area contributed by atoms with Crippen molar-refractivity contribution in [2.45, 2.75) is 13.1 Å². The second-order valence-corrected chi connectivity index (χ2v) is 7.64. The van der Waals surface area contributed by atoms with Gasteiger partial charge in [0.25, 0.3) is 17.7 Å². The van der Waals surface area contributed by atoms with E-state index in [1.165, 1.54) is 48.9 Å². The maximum Gasteiger partial charge on any atom is 0.418 e. The van der Waals surface area contributed by atoms with Crippen molar-refractivity contribution < 1.29 is 36.4 Å². The number of nitrogens with one attached hydrogen (secondary N) is 3. The number of amides is 3. The summed E-state index contributed by atoms with van der Waals surface area (Å²) in [6, 6.07) is 11.7. The number of furan rings is 2. The van der Waals surface area contributed by atoms with Crippen molar-refractivity contribution >= 4 is 34.8 Å². The molecule has 0 saturated carbocycles. The highest BCUT2D eigenvalue weighted by atomic mass is 19.4. The monoisotopic (exact) mass is 497 g/mol. The fraction of sp³-hybridized carbons (Fsp3) is 0.0800. The van der Waals surface area contributed by atoms with E-state index in [9.17, 15) is 27.6 Å². The summed E-state index contributed by atoms with van der Waals surface area (Å²) in [5, 5.41) is 7.21. The molecule has 0 radical (unpaired) electrons. The maximum atomic E-state index is 13.8. The number of alkyl halides is 3. The number of carbonyl (C=O) groups is 3. The Morgan fingerprint density at radius 2 is 1.53 bits per heavy atom. The molecular formula is C25H18F3N3O5. The number of benzene rings is 2. The first kappa shape index (κ1) is 24.3. The molecule has 0 aliphatic rings. The van der Waals surface area contributed by atoms with Crippen molar-refractivity contribution in [3.63, 3.8) is 0 Å². The van der Waals surface area contributed by atoms with E-state index in [0.29, 0.717) is 5.56 Å². The molecule has 11 heteroatoms. The van der Waals surface area contributed by atoms with E-state index < -0.39 is 35.1 Å². The fourth-order valence-electron chi connectivity index (χ4n) is 3.25. The van der Waals surface area contributed by atoms with Crippen LogP contribution in [0.1, 0.15) is 42.4 Å². The lowest BCUT2D eigenvalue weighted by atomic mass is 10.1. The third-order valence-corrected chi connectivity index (χ3v) is 5.11. The van der Waals surface area contributed by atoms with Crippen molar-refractivity contribution in [2.24, 2.45) is 0 Å². The number of carbonyl (C=O) groups excluding carboxylic acids is 3. The normalized spacial score (nSPS) is 11.1. The first-order valence-corrected chi connectivity index (χ1v) is 10.4. The van der Waals surface area contributed by atoms with E-state index in [0.717, 1.165) is 18.4 Å². The second-order valence-electron chi connectivity index (χ2n) is 7.64. The lowest BCUT2D eigenvalue weighted by molar-refractivity contribution is -0.136. The molecule has 0 unspecified atom stereocenters. The lowest BCUT2D eigenvalue weighted by Gasteiger charge is -2.16. The topological polar surface area (TPSA) is 114 Å². The second kappa shape index (κ2) is 9.82. The Morgan fingerprint density at radius 1 is 0.778 bits per heavy atom. The van der Waals surface area contributed by atoms with Crippen LogP contribution in [0.5, 0.6) is 0 Å². The first-order valence-electron chi connectivity index (χ1n) is 10.4. The van der Waals surface area contributed by atoms with Gasteiger partial charge in [0.2, 0.25) is 0 Å². The van der Waals surface area contributed by atoms with Crippen LogP contribution in [0.15, 0.2) is 82.2 Å². The summed E-state index contributed by atoms with van der Waals surface area (Å²) >= 11 is 0. The molecule has 4 aromatic rings. The quantitative estimate of drug-likeness (QED) is 0.304. The van der Waals surface area contributed by atoms with Gasteiger partial charge in [-0.1, -0.05) is 6.07 Å². The van der Waals surface area contributed by atoms with Crippen molar-refractivity contribution in [2.75, 3.05) is 16.0 Å². The van der Waals surface area contributed by atoms with Gasteiger partial charge in [-0.25, -0.2) is 0 Å². The molecule has 4 rings (SSSR count). The summed E-state index contributed by atoms with van der Waals surface area (Å²) in [6.07, 6.45) is -1.08. The van der Waals surface area contributed by atoms with Crippen LogP contribution in [0.4, 0.5) is 30.2 Å². The predicted octanol–water partition coefficient (Wildman–Crippen LogP) is 5.96. The SMILES string of the molecule is Cc1ccc(C(=O)Nc2ccc(NC(=O)c3ccoc3)cc2C(F)(F)F)cc1NC(=O)c1ccco1. The van der Waals surface area contributed by atoms with Crippen LogP contribution in [0.3, 0.4) is 0 Å². The number of hydrogen-bond donors (Lipinski definition) is 3. The summed E-state index contributed by atoms with van der Waals surface area (Å²) in [5.74, 6) is -1.98. The zero-order valence-corrected chi connectivity index (χ0v) is 18.6. The van der Waals surface area contributed by atoms with Crippen LogP contribution in [0.25, 0.3) is 0 Å². The Morgan fingerprint density at radius 3 is 2.19 bits per heavy atom. The molecule has 0 fully saturated rings. The van der Waals surface area contributed by atoms with Gasteiger partial charge < -0.3 is 24.8 Å². The molecule has 0 saturated heterocycles. The van der Waals surface area contributed by atoms with Crippen LogP contribution in [0, 0.1) is 6.92 Å². The summed E-state index contributed by atoms with van der Waals surface area (Å²) < 4.78 is 51.1. The number of hydrogen-bond acceptors (Lipinski definition) is 5. The standard InChI is InChI=1S/C25H18F3N3O5/c1-14-4-5-15(11-20(14)31-24(34)21-3-2-9-36-21)22(32)30-19-7-6-17(12-18(19)25(26,27)28)29-23(33)16-8-10-35-13-16/h2-13H,1H3,(H,29,33)(H,30,32)(H,31,34). The minimum Gasteiger partial charge on any atom is -0.472 e. The van der Waals surface area contributed by atoms with Gasteiger partial charge in [0, 0.05) is 16.9 Å². The van der Waals surface area contributed by atoms with Gasteiger partial charge in [0.05, 0.1) is 29.3 Å². The molecule has 0 aliphatic heterocycles. The molecule has 2 aromatic carbocycles. The highest BCUT2D eigenvalue weighted by molar-refractivity contribution is 6.08. The van der Waals surface area contributed by atoms with E-state index in [1.807, 2.05) is 0 Å². The molecule has 2 heterocycles. The molecule has 3 N–H and O–H groups in total. The van der Waals surface area contributed by atoms with Gasteiger partial charge in [-0.2, -0.15) is 13.2 Å². The van der Waals surface area contributed by atoms with E-state index in [1.54, 1.807) is 13.0 Å². The first-order chi connectivity index (χ1) is 17.1. The summed E-state index contributed by atoms with van der Waals surface area (Å²) in [5.41, 5.74) is -0.715. The molecule has 0 atom stereocenters. The van der Waals surface area contributed by atoms with E-state index in [2.05, 4.69) is 16.0 Å². The molecule has 0 aliphatic carbocycles. The molecule has 184 valence electrons. The van der Waals surface area contributed by atoms with Crippen LogP contribution in [0.2, 0.25) is 0 Å². The van der Waals surface area contributed by atoms with Crippen molar-refractivity contribution in [1.82, 2.24) is 0 Å². The summed E-state index contributed by atoms with van der Waals surface area (Å²) in [6.45, 7) is 1.69. The van der Waals surface area contributed by atoms with Gasteiger partial charge in [-0.05, 0) is 61.0 Å². The zero-order chi connectivity index (χ0) is 25.9. The molecular weight excluding hydrogens is 479 g/mol. The van der Waals surface area contributed by atoms with Crippen molar-refractivity contribution in [3.05, 3.63) is 101 Å². The molecule has 8 nitrogen and oxygen atoms in total. The summed E-state index contributed by atoms with van der Waals surface area (Å²) in [4.78, 5) is 37.2. The Balaban J connectivity index is 1.55. The fourth-order valence-corrected chi connectivity index (χ4v) is 3.25. The Labute approximate surface area is 202 Å². The average Bonchev–Trinajstić information content (AvgIpc) is 3.55. The lowest BCUT2D eigenvalue weighted by Crippen LogP contribution is -2.18. The van der Waals surface area contributed by atoms with Crippen LogP contribution in [-0.4, -0.2) is 17.7 Å². The van der Waals surface area contributed by atoms with Crippen molar-refractivity contribution in [1.29, 1.82) is 0 Å². The number of halogens is 3. The minimum atomic E-state index is -4.82. The Bertz CT molecular complexity index is 1410. The third kappa shape index (κ3) is 5.46. The van der Waals surface area contributed by atoms with Crippen LogP contribution >= 0.6 is 0 Å². The zero-order valence-electron chi connectivity index (χ0n) is 18.6. The van der Waals surface area contributed by atoms with Gasteiger partial charge in [-0.3, -0.25) is 14.4 Å². The largest absolute Gasteiger partial charge is 0.472 e. The van der Waals surface area contributed by atoms with Crippen molar-refractivity contribution in [3.8, 4) is 0 Å². The number of anilines is 3. The minimum absolute atomic E-state index is 0.0146. The predicted molar refractivity (Wildman–Crippen MR) is 124 cm³/mol. The number of rotatable bonds is 6. The molecule has 0 spiro atoms. The highest BCUT2D eigenvalue weighted by Gasteiger charge is 2.34. The molecule has 3 amide bonds. The Kier molecular flexibility index (Phi) is 6.64. The van der Waals surface area contributed by atoms with E-state index >= 15 is 0 Å². The molecule has 2 aromatic heterocycles. The average molecular weight is 497 g/mol. The van der Waals surface area contributed by atoms with Crippen LogP contribution < -0.4 is 16.0 Å². The van der Waals surface area contributed by atoms with Gasteiger partial charge in [-0.15, -0.1) is 0 Å². The maximum absolute atomic E-state index is 13.8. The van der Waals surface area contributed by atoms with E-state index in [4.69, 9.17) is 8.83 Å². The summed E-state index contributed by atoms with van der Waals surface area (Å²) in [7, 11) is 0. The van der Waals surface area contributed by atoms with Gasteiger partial charge >= 0.3 is 6.18 Å². The van der Waals surface area contributed by atoms with Gasteiger partial charge in [0.1, 0.15) is 6.26 Å². The third-order valence-electron chi connectivity index (χ3n) is 5.11. The van der Waals surface area contributed by atoms with E-state index in [-0.39, 0.29) is 28.3 Å². The number of aryl methyl sites for hydroxylation is 1. The van der Waals surface area contributed by atoms with Crippen LogP contribution in [-0.2, 0) is 6.18 Å². The molecule has 36 heavy (non-hydrogen) atoms. The van der Waals surface area contributed by atoms with Gasteiger partial charge in [0.15, 0.2) is 5.76 Å². The smallest absolute Gasteiger partial charge is 0.418 e. The highest BCUT2D eigenvalue weighted by Crippen LogP contribution is 2.37. The Hall–Kier alpha value is -4.80.